The van der Waals surface area contributed by atoms with E-state index in [1.807, 2.05) is 91.9 Å². The minimum absolute atomic E-state index is 0.121. The van der Waals surface area contributed by atoms with Gasteiger partial charge in [0.1, 0.15) is 9.88 Å². The van der Waals surface area contributed by atoms with Gasteiger partial charge in [-0.25, -0.2) is 4.98 Å². The Kier molecular flexibility index (Phi) is 6.72. The van der Waals surface area contributed by atoms with E-state index in [0.717, 1.165) is 33.8 Å². The van der Waals surface area contributed by atoms with Gasteiger partial charge in [0.15, 0.2) is 0 Å². The van der Waals surface area contributed by atoms with Crippen molar-refractivity contribution in [3.8, 4) is 21.8 Å². The normalized spacial score (nSPS) is 10.5. The van der Waals surface area contributed by atoms with Crippen LogP contribution in [0, 0.1) is 0 Å². The van der Waals surface area contributed by atoms with Gasteiger partial charge in [0.05, 0.1) is 12.2 Å². The highest BCUT2D eigenvalue weighted by atomic mass is 32.1. The van der Waals surface area contributed by atoms with Crippen LogP contribution in [0.2, 0.25) is 0 Å². The molecule has 0 aliphatic heterocycles. The van der Waals surface area contributed by atoms with E-state index in [4.69, 9.17) is 4.98 Å². The zero-order valence-electron chi connectivity index (χ0n) is 17.7. The number of benzene rings is 3. The molecule has 0 saturated heterocycles. The van der Waals surface area contributed by atoms with Crippen molar-refractivity contribution in [3.63, 3.8) is 0 Å². The van der Waals surface area contributed by atoms with Crippen LogP contribution >= 0.6 is 11.3 Å². The molecule has 0 spiro atoms. The smallest absolute Gasteiger partial charge is 0.264 e. The van der Waals surface area contributed by atoms with Crippen LogP contribution in [0.25, 0.3) is 21.8 Å². The van der Waals surface area contributed by atoms with Crippen LogP contribution < -0.4 is 10.6 Å². The number of amides is 2. The van der Waals surface area contributed by atoms with Crippen LogP contribution in [0.3, 0.4) is 0 Å². The van der Waals surface area contributed by atoms with E-state index in [-0.39, 0.29) is 18.4 Å². The summed E-state index contributed by atoms with van der Waals surface area (Å²) in [4.78, 5) is 30.7. The zero-order chi connectivity index (χ0) is 22.3. The fourth-order valence-electron chi connectivity index (χ4n) is 3.36. The van der Waals surface area contributed by atoms with Crippen LogP contribution in [0.15, 0.2) is 84.9 Å². The Hall–Kier alpha value is -3.77. The van der Waals surface area contributed by atoms with E-state index >= 15 is 0 Å². The van der Waals surface area contributed by atoms with Crippen molar-refractivity contribution in [1.82, 2.24) is 10.3 Å². The SMILES string of the molecule is CCc1ccccc1NC(=O)CNC(=O)c1sc(-c2ccccc2)nc1-c1ccccc1. The van der Waals surface area contributed by atoms with E-state index in [1.54, 1.807) is 0 Å². The topological polar surface area (TPSA) is 71.1 Å². The van der Waals surface area contributed by atoms with Gasteiger partial charge in [0, 0.05) is 16.8 Å². The average Bonchev–Trinajstić information content (AvgIpc) is 3.30. The van der Waals surface area contributed by atoms with Gasteiger partial charge in [-0.3, -0.25) is 9.59 Å². The first kappa shape index (κ1) is 21.5. The second-order valence-electron chi connectivity index (χ2n) is 7.17. The third kappa shape index (κ3) is 4.92. The molecule has 1 aromatic heterocycles. The highest BCUT2D eigenvalue weighted by molar-refractivity contribution is 7.17. The number of carbonyl (C=O) groups is 2. The highest BCUT2D eigenvalue weighted by Crippen LogP contribution is 2.33. The molecule has 3 aromatic carbocycles. The molecule has 4 rings (SSSR count). The van der Waals surface area contributed by atoms with Crippen molar-refractivity contribution in [2.45, 2.75) is 13.3 Å². The Labute approximate surface area is 191 Å². The summed E-state index contributed by atoms with van der Waals surface area (Å²) in [7, 11) is 0. The lowest BCUT2D eigenvalue weighted by molar-refractivity contribution is -0.115. The molecule has 0 aliphatic rings. The maximum absolute atomic E-state index is 13.0. The Morgan fingerprint density at radius 1 is 0.844 bits per heavy atom. The minimum atomic E-state index is -0.317. The molecule has 6 heteroatoms. The zero-order valence-corrected chi connectivity index (χ0v) is 18.5. The molecule has 1 heterocycles. The molecule has 32 heavy (non-hydrogen) atoms. The molecular weight excluding hydrogens is 418 g/mol. The third-order valence-corrected chi connectivity index (χ3v) is 6.09. The van der Waals surface area contributed by atoms with Gasteiger partial charge in [0.2, 0.25) is 5.91 Å². The van der Waals surface area contributed by atoms with Crippen LogP contribution in [-0.2, 0) is 11.2 Å². The monoisotopic (exact) mass is 441 g/mol. The van der Waals surface area contributed by atoms with E-state index in [2.05, 4.69) is 10.6 Å². The summed E-state index contributed by atoms with van der Waals surface area (Å²) in [6.45, 7) is 1.91. The molecule has 0 saturated carbocycles. The predicted molar refractivity (Wildman–Crippen MR) is 130 cm³/mol. The molecule has 160 valence electrons. The lowest BCUT2D eigenvalue weighted by atomic mass is 10.1. The average molecular weight is 442 g/mol. The summed E-state index contributed by atoms with van der Waals surface area (Å²) in [6.07, 6.45) is 0.812. The number of rotatable bonds is 7. The van der Waals surface area contributed by atoms with Crippen molar-refractivity contribution in [1.29, 1.82) is 0 Å². The number of nitrogens with zero attached hydrogens (tertiary/aromatic N) is 1. The van der Waals surface area contributed by atoms with Crippen LogP contribution in [0.1, 0.15) is 22.2 Å². The van der Waals surface area contributed by atoms with Crippen LogP contribution in [-0.4, -0.2) is 23.3 Å². The lowest BCUT2D eigenvalue weighted by Gasteiger charge is -2.10. The molecule has 0 fully saturated rings. The molecule has 4 aromatic rings. The summed E-state index contributed by atoms with van der Waals surface area (Å²) in [5.74, 6) is -0.587. The van der Waals surface area contributed by atoms with E-state index in [0.29, 0.717) is 10.6 Å². The first-order valence-corrected chi connectivity index (χ1v) is 11.2. The van der Waals surface area contributed by atoms with Crippen molar-refractivity contribution < 1.29 is 9.59 Å². The molecular formula is C26H23N3O2S. The van der Waals surface area contributed by atoms with Crippen molar-refractivity contribution >= 4 is 28.8 Å². The second-order valence-corrected chi connectivity index (χ2v) is 8.17. The molecule has 0 bridgehead atoms. The standard InChI is InChI=1S/C26H23N3O2S/c1-2-18-11-9-10-16-21(18)28-22(30)17-27-25(31)24-23(19-12-5-3-6-13-19)29-26(32-24)20-14-7-4-8-15-20/h3-16H,2,17H2,1H3,(H,27,31)(H,28,30). The van der Waals surface area contributed by atoms with E-state index in [9.17, 15) is 9.59 Å². The van der Waals surface area contributed by atoms with E-state index in [1.165, 1.54) is 11.3 Å². The maximum atomic E-state index is 13.0. The predicted octanol–water partition coefficient (Wildman–Crippen LogP) is 5.41. The number of anilines is 1. The number of nitrogens with one attached hydrogen (secondary N) is 2. The van der Waals surface area contributed by atoms with Gasteiger partial charge in [-0.15, -0.1) is 11.3 Å². The maximum Gasteiger partial charge on any atom is 0.264 e. The molecule has 0 radical (unpaired) electrons. The van der Waals surface area contributed by atoms with Crippen molar-refractivity contribution in [3.05, 3.63) is 95.4 Å². The third-order valence-electron chi connectivity index (χ3n) is 4.98. The summed E-state index contributed by atoms with van der Waals surface area (Å²) in [5, 5.41) is 6.39. The number of aromatic nitrogens is 1. The Morgan fingerprint density at radius 3 is 2.16 bits per heavy atom. The van der Waals surface area contributed by atoms with Crippen molar-refractivity contribution in [2.24, 2.45) is 0 Å². The van der Waals surface area contributed by atoms with Gasteiger partial charge in [-0.1, -0.05) is 85.8 Å². The largest absolute Gasteiger partial charge is 0.342 e. The Bertz CT molecular complexity index is 1220. The molecule has 0 unspecified atom stereocenters. The van der Waals surface area contributed by atoms with Crippen LogP contribution in [0.4, 0.5) is 5.69 Å². The fourth-order valence-corrected chi connectivity index (χ4v) is 4.36. The first-order valence-electron chi connectivity index (χ1n) is 10.4. The number of hydrogen-bond donors (Lipinski definition) is 2. The number of para-hydroxylation sites is 1. The molecule has 0 atom stereocenters. The summed E-state index contributed by atoms with van der Waals surface area (Å²) >= 11 is 1.32. The first-order chi connectivity index (χ1) is 15.7. The van der Waals surface area contributed by atoms with E-state index < -0.39 is 0 Å². The van der Waals surface area contributed by atoms with Gasteiger partial charge in [0.25, 0.3) is 5.91 Å². The Balaban J connectivity index is 1.53. The second kappa shape index (κ2) is 10.0. The van der Waals surface area contributed by atoms with Gasteiger partial charge >= 0.3 is 0 Å². The quantitative estimate of drug-likeness (QED) is 0.403. The highest BCUT2D eigenvalue weighted by Gasteiger charge is 2.20. The van der Waals surface area contributed by atoms with Crippen molar-refractivity contribution in [2.75, 3.05) is 11.9 Å². The summed E-state index contributed by atoms with van der Waals surface area (Å²) in [6, 6.07) is 27.0. The number of carbonyl (C=O) groups excluding carboxylic acids is 2. The summed E-state index contributed by atoms with van der Waals surface area (Å²) < 4.78 is 0. The lowest BCUT2D eigenvalue weighted by Crippen LogP contribution is -2.32. The molecule has 0 aliphatic carbocycles. The van der Waals surface area contributed by atoms with Gasteiger partial charge in [-0.05, 0) is 18.1 Å². The number of aryl methyl sites for hydroxylation is 1. The molecule has 5 nitrogen and oxygen atoms in total. The minimum Gasteiger partial charge on any atom is -0.342 e. The van der Waals surface area contributed by atoms with Gasteiger partial charge in [-0.2, -0.15) is 0 Å². The number of hydrogen-bond acceptors (Lipinski definition) is 4. The fraction of sp³-hybridized carbons (Fsp3) is 0.115. The Morgan fingerprint density at radius 2 is 1.47 bits per heavy atom. The van der Waals surface area contributed by atoms with Gasteiger partial charge < -0.3 is 10.6 Å². The summed E-state index contributed by atoms with van der Waals surface area (Å²) in [5.41, 5.74) is 4.24. The number of thiazole rings is 1. The van der Waals surface area contributed by atoms with Crippen LogP contribution in [0.5, 0.6) is 0 Å². The molecule has 2 N–H and O–H groups in total. The molecule has 2 amide bonds.